The molecule has 0 saturated heterocycles. The molecule has 1 aromatic rings. The van der Waals surface area contributed by atoms with Crippen LogP contribution in [-0.2, 0) is 4.74 Å². The second-order valence-corrected chi connectivity index (χ2v) is 2.80. The summed E-state index contributed by atoms with van der Waals surface area (Å²) in [4.78, 5) is 0. The minimum absolute atomic E-state index is 0.330. The Balaban J connectivity index is 0.000000791. The fourth-order valence-electron chi connectivity index (χ4n) is 1.23. The van der Waals surface area contributed by atoms with Crippen LogP contribution >= 0.6 is 0 Å². The molecule has 0 aliphatic carbocycles. The quantitative estimate of drug-likeness (QED) is 0.800. The molecule has 1 rings (SSSR count). The van der Waals surface area contributed by atoms with Crippen LogP contribution in [0.3, 0.4) is 0 Å². The van der Waals surface area contributed by atoms with Crippen molar-refractivity contribution in [1.82, 2.24) is 0 Å². The fourth-order valence-corrected chi connectivity index (χ4v) is 1.23. The van der Waals surface area contributed by atoms with Crippen LogP contribution < -0.4 is 5.73 Å². The summed E-state index contributed by atoms with van der Waals surface area (Å²) in [6.07, 6.45) is 0. The van der Waals surface area contributed by atoms with E-state index < -0.39 is 0 Å². The number of ether oxygens (including phenoxy) is 1. The topological polar surface area (TPSA) is 35.2 Å². The first-order chi connectivity index (χ1) is 6.88. The van der Waals surface area contributed by atoms with Gasteiger partial charge < -0.3 is 10.5 Å². The summed E-state index contributed by atoms with van der Waals surface area (Å²) in [5.41, 5.74) is 6.86. The molecule has 0 heterocycles. The number of rotatable bonds is 4. The second kappa shape index (κ2) is 8.73. The van der Waals surface area contributed by atoms with Gasteiger partial charge in [-0.2, -0.15) is 0 Å². The number of nitrogens with two attached hydrogens (primary N) is 1. The smallest absolute Gasteiger partial charge is 0.0543 e. The molecular weight excluding hydrogens is 174 g/mol. The van der Waals surface area contributed by atoms with E-state index in [0.717, 1.165) is 0 Å². The fraction of sp³-hybridized carbons (Fsp3) is 0.500. The zero-order valence-electron chi connectivity index (χ0n) is 9.36. The molecule has 0 radical (unpaired) electrons. The van der Waals surface area contributed by atoms with Crippen molar-refractivity contribution in [1.29, 1.82) is 0 Å². The summed E-state index contributed by atoms with van der Waals surface area (Å²) in [6.45, 7) is 5.33. The van der Waals surface area contributed by atoms with E-state index in [9.17, 15) is 0 Å². The van der Waals surface area contributed by atoms with Gasteiger partial charge in [0.2, 0.25) is 0 Å². The molecule has 2 nitrogen and oxygen atoms in total. The SMILES string of the molecule is CC.COCC(CN)c1ccccc1. The average Bonchev–Trinajstić information content (AvgIpc) is 2.30. The maximum absolute atomic E-state index is 5.61. The Morgan fingerprint density at radius 2 is 1.79 bits per heavy atom. The van der Waals surface area contributed by atoms with Gasteiger partial charge in [0.25, 0.3) is 0 Å². The summed E-state index contributed by atoms with van der Waals surface area (Å²) >= 11 is 0. The van der Waals surface area contributed by atoms with Crippen molar-refractivity contribution in [2.75, 3.05) is 20.3 Å². The molecule has 80 valence electrons. The third-order valence-electron chi connectivity index (χ3n) is 1.92. The Bertz CT molecular complexity index is 211. The van der Waals surface area contributed by atoms with Gasteiger partial charge in [-0.05, 0) is 5.56 Å². The first kappa shape index (κ1) is 13.1. The van der Waals surface area contributed by atoms with Gasteiger partial charge in [0, 0.05) is 19.6 Å². The molecule has 2 heteroatoms. The van der Waals surface area contributed by atoms with Crippen LogP contribution in [-0.4, -0.2) is 20.3 Å². The molecule has 1 unspecified atom stereocenters. The van der Waals surface area contributed by atoms with Crippen LogP contribution in [0.5, 0.6) is 0 Å². The van der Waals surface area contributed by atoms with E-state index in [0.29, 0.717) is 19.1 Å². The highest BCUT2D eigenvalue weighted by Gasteiger charge is 2.07. The third kappa shape index (κ3) is 4.40. The molecule has 0 spiro atoms. The van der Waals surface area contributed by atoms with Crippen molar-refractivity contribution in [2.45, 2.75) is 19.8 Å². The summed E-state index contributed by atoms with van der Waals surface area (Å²) in [6, 6.07) is 10.2. The van der Waals surface area contributed by atoms with E-state index >= 15 is 0 Å². The zero-order valence-corrected chi connectivity index (χ0v) is 9.36. The van der Waals surface area contributed by atoms with E-state index in [1.165, 1.54) is 5.56 Å². The van der Waals surface area contributed by atoms with Crippen molar-refractivity contribution < 1.29 is 4.74 Å². The van der Waals surface area contributed by atoms with Gasteiger partial charge in [-0.3, -0.25) is 0 Å². The van der Waals surface area contributed by atoms with Gasteiger partial charge >= 0.3 is 0 Å². The van der Waals surface area contributed by atoms with Gasteiger partial charge in [-0.1, -0.05) is 44.2 Å². The van der Waals surface area contributed by atoms with Crippen LogP contribution in [0.2, 0.25) is 0 Å². The molecule has 14 heavy (non-hydrogen) atoms. The predicted octanol–water partition coefficient (Wildman–Crippen LogP) is 2.40. The van der Waals surface area contributed by atoms with E-state index in [1.54, 1.807) is 7.11 Å². The number of benzene rings is 1. The van der Waals surface area contributed by atoms with Crippen LogP contribution in [0.1, 0.15) is 25.3 Å². The van der Waals surface area contributed by atoms with Crippen LogP contribution in [0, 0.1) is 0 Å². The normalized spacial score (nSPS) is 11.4. The van der Waals surface area contributed by atoms with Crippen molar-refractivity contribution in [3.63, 3.8) is 0 Å². The van der Waals surface area contributed by atoms with Crippen molar-refractivity contribution in [3.05, 3.63) is 35.9 Å². The van der Waals surface area contributed by atoms with Gasteiger partial charge in [0.05, 0.1) is 6.61 Å². The molecular formula is C12H21NO. The highest BCUT2D eigenvalue weighted by molar-refractivity contribution is 5.19. The predicted molar refractivity (Wildman–Crippen MR) is 61.5 cm³/mol. The summed E-state index contributed by atoms with van der Waals surface area (Å²) < 4.78 is 5.07. The maximum atomic E-state index is 5.61. The van der Waals surface area contributed by atoms with Crippen molar-refractivity contribution in [2.24, 2.45) is 5.73 Å². The van der Waals surface area contributed by atoms with Crippen LogP contribution in [0.25, 0.3) is 0 Å². The van der Waals surface area contributed by atoms with E-state index in [4.69, 9.17) is 10.5 Å². The van der Waals surface area contributed by atoms with E-state index in [2.05, 4.69) is 12.1 Å². The molecule has 0 saturated carbocycles. The summed E-state index contributed by atoms with van der Waals surface area (Å²) in [5, 5.41) is 0. The largest absolute Gasteiger partial charge is 0.384 e. The lowest BCUT2D eigenvalue weighted by Crippen LogP contribution is -2.17. The van der Waals surface area contributed by atoms with E-state index in [1.807, 2.05) is 32.0 Å². The Morgan fingerprint density at radius 3 is 2.21 bits per heavy atom. The Kier molecular flexibility index (Phi) is 8.19. The number of methoxy groups -OCH3 is 1. The monoisotopic (exact) mass is 195 g/mol. The van der Waals surface area contributed by atoms with Gasteiger partial charge in [0.1, 0.15) is 0 Å². The lowest BCUT2D eigenvalue weighted by molar-refractivity contribution is 0.181. The lowest BCUT2D eigenvalue weighted by Gasteiger charge is -2.13. The molecule has 1 atom stereocenters. The molecule has 0 aromatic heterocycles. The average molecular weight is 195 g/mol. The highest BCUT2D eigenvalue weighted by Crippen LogP contribution is 2.13. The molecule has 2 N–H and O–H groups in total. The minimum Gasteiger partial charge on any atom is -0.384 e. The van der Waals surface area contributed by atoms with E-state index in [-0.39, 0.29) is 0 Å². The van der Waals surface area contributed by atoms with Gasteiger partial charge in [-0.25, -0.2) is 0 Å². The lowest BCUT2D eigenvalue weighted by atomic mass is 10.0. The van der Waals surface area contributed by atoms with Gasteiger partial charge in [-0.15, -0.1) is 0 Å². The molecule has 0 aliphatic rings. The Labute approximate surface area is 87.1 Å². The molecule has 0 aliphatic heterocycles. The Hall–Kier alpha value is -0.860. The van der Waals surface area contributed by atoms with Crippen molar-refractivity contribution >= 4 is 0 Å². The minimum atomic E-state index is 0.330. The Morgan fingerprint density at radius 1 is 1.21 bits per heavy atom. The molecule has 0 amide bonds. The second-order valence-electron chi connectivity index (χ2n) is 2.80. The number of hydrogen-bond acceptors (Lipinski definition) is 2. The first-order valence-corrected chi connectivity index (χ1v) is 5.12. The first-order valence-electron chi connectivity index (χ1n) is 5.12. The van der Waals surface area contributed by atoms with Crippen LogP contribution in [0.4, 0.5) is 0 Å². The summed E-state index contributed by atoms with van der Waals surface area (Å²) in [7, 11) is 1.70. The highest BCUT2D eigenvalue weighted by atomic mass is 16.5. The molecule has 1 aromatic carbocycles. The van der Waals surface area contributed by atoms with Gasteiger partial charge in [0.15, 0.2) is 0 Å². The zero-order chi connectivity index (χ0) is 10.8. The summed E-state index contributed by atoms with van der Waals surface area (Å²) in [5.74, 6) is 0.330. The molecule has 0 fully saturated rings. The van der Waals surface area contributed by atoms with Crippen molar-refractivity contribution in [3.8, 4) is 0 Å². The van der Waals surface area contributed by atoms with Crippen LogP contribution in [0.15, 0.2) is 30.3 Å². The standard InChI is InChI=1S/C10H15NO.C2H6/c1-12-8-10(7-11)9-5-3-2-4-6-9;1-2/h2-6,10H,7-8,11H2,1H3;1-2H3. The maximum Gasteiger partial charge on any atom is 0.0543 e. The molecule has 0 bridgehead atoms. The number of hydrogen-bond donors (Lipinski definition) is 1. The third-order valence-corrected chi connectivity index (χ3v) is 1.92.